The molecule has 2 aromatic rings. The number of hydrogen-bond acceptors (Lipinski definition) is 5. The molecule has 6 heteroatoms. The zero-order valence-electron chi connectivity index (χ0n) is 16.6. The number of ether oxygens (including phenoxy) is 2. The molecular formula is C22H27N3O3. The lowest BCUT2D eigenvalue weighted by Crippen LogP contribution is -2.52. The van der Waals surface area contributed by atoms with E-state index in [-0.39, 0.29) is 17.6 Å². The molecule has 2 fully saturated rings. The van der Waals surface area contributed by atoms with E-state index in [4.69, 9.17) is 9.47 Å². The van der Waals surface area contributed by atoms with E-state index in [2.05, 4.69) is 16.0 Å². The van der Waals surface area contributed by atoms with Crippen molar-refractivity contribution in [2.75, 3.05) is 19.7 Å². The molecule has 2 aliphatic heterocycles. The lowest BCUT2D eigenvalue weighted by Gasteiger charge is -2.45. The second kappa shape index (κ2) is 7.87. The largest absolute Gasteiger partial charge is 0.460 e. The number of amides is 1. The van der Waals surface area contributed by atoms with E-state index < -0.39 is 0 Å². The molecule has 1 aromatic heterocycles. The molecule has 1 aromatic carbocycles. The Morgan fingerprint density at radius 1 is 1.21 bits per heavy atom. The minimum absolute atomic E-state index is 0.0535. The molecule has 1 amide bonds. The molecule has 1 atom stereocenters. The number of rotatable bonds is 3. The summed E-state index contributed by atoms with van der Waals surface area (Å²) in [4.78, 5) is 23.2. The minimum Gasteiger partial charge on any atom is -0.460 e. The van der Waals surface area contributed by atoms with Crippen molar-refractivity contribution in [3.63, 3.8) is 0 Å². The highest BCUT2D eigenvalue weighted by atomic mass is 16.5. The third kappa shape index (κ3) is 4.02. The molecule has 6 nitrogen and oxygen atoms in total. The van der Waals surface area contributed by atoms with Gasteiger partial charge in [0.05, 0.1) is 12.2 Å². The van der Waals surface area contributed by atoms with Gasteiger partial charge in [0, 0.05) is 43.9 Å². The quantitative estimate of drug-likeness (QED) is 0.816. The number of piperidine rings is 1. The SMILES string of the molecule is Cc1ccc(C(=O)N2CCC3(CC2)CC(Oc2ncccn2)CCO3)c(C)c1. The van der Waals surface area contributed by atoms with Gasteiger partial charge < -0.3 is 14.4 Å². The van der Waals surface area contributed by atoms with Gasteiger partial charge in [-0.05, 0) is 44.4 Å². The van der Waals surface area contributed by atoms with Gasteiger partial charge in [-0.25, -0.2) is 9.97 Å². The zero-order chi connectivity index (χ0) is 19.6. The standard InChI is InChI=1S/C22H27N3O3/c1-16-4-5-19(17(2)14-16)20(26)25-11-7-22(8-12-25)15-18(6-13-27-22)28-21-23-9-3-10-24-21/h3-5,9-10,14,18H,6-8,11-13,15H2,1-2H3. The van der Waals surface area contributed by atoms with Crippen LogP contribution in [0.25, 0.3) is 0 Å². The van der Waals surface area contributed by atoms with Crippen molar-refractivity contribution >= 4 is 5.91 Å². The number of benzene rings is 1. The van der Waals surface area contributed by atoms with E-state index in [0.29, 0.717) is 25.7 Å². The summed E-state index contributed by atoms with van der Waals surface area (Å²) in [6.45, 7) is 6.14. The van der Waals surface area contributed by atoms with Crippen molar-refractivity contribution in [2.24, 2.45) is 0 Å². The third-order valence-electron chi connectivity index (χ3n) is 5.84. The molecule has 0 aliphatic carbocycles. The van der Waals surface area contributed by atoms with Crippen molar-refractivity contribution in [3.05, 3.63) is 53.3 Å². The van der Waals surface area contributed by atoms with Crippen LogP contribution in [0.1, 0.15) is 47.2 Å². The lowest BCUT2D eigenvalue weighted by atomic mass is 9.83. The Kier molecular flexibility index (Phi) is 5.31. The van der Waals surface area contributed by atoms with Crippen molar-refractivity contribution < 1.29 is 14.3 Å². The topological polar surface area (TPSA) is 64.6 Å². The number of nitrogens with zero attached hydrogens (tertiary/aromatic N) is 3. The maximum absolute atomic E-state index is 13.0. The van der Waals surface area contributed by atoms with Crippen molar-refractivity contribution in [1.29, 1.82) is 0 Å². The zero-order valence-corrected chi connectivity index (χ0v) is 16.6. The van der Waals surface area contributed by atoms with Crippen LogP contribution in [0.5, 0.6) is 6.01 Å². The fourth-order valence-corrected chi connectivity index (χ4v) is 4.27. The minimum atomic E-state index is -0.212. The van der Waals surface area contributed by atoms with Crippen LogP contribution in [0, 0.1) is 13.8 Å². The average Bonchev–Trinajstić information content (AvgIpc) is 2.69. The molecule has 0 N–H and O–H groups in total. The Morgan fingerprint density at radius 2 is 1.96 bits per heavy atom. The monoisotopic (exact) mass is 381 g/mol. The molecular weight excluding hydrogens is 354 g/mol. The number of carbonyl (C=O) groups excluding carboxylic acids is 1. The molecule has 28 heavy (non-hydrogen) atoms. The third-order valence-corrected chi connectivity index (χ3v) is 5.84. The van der Waals surface area contributed by atoms with Crippen molar-refractivity contribution in [2.45, 2.75) is 51.2 Å². The van der Waals surface area contributed by atoms with Gasteiger partial charge in [0.15, 0.2) is 0 Å². The van der Waals surface area contributed by atoms with Crippen molar-refractivity contribution in [3.8, 4) is 6.01 Å². The predicted octanol–water partition coefficient (Wildman–Crippen LogP) is 3.33. The van der Waals surface area contributed by atoms with E-state index in [1.165, 1.54) is 5.56 Å². The summed E-state index contributed by atoms with van der Waals surface area (Å²) in [7, 11) is 0. The summed E-state index contributed by atoms with van der Waals surface area (Å²) in [5.74, 6) is 0.119. The van der Waals surface area contributed by atoms with Gasteiger partial charge in [-0.2, -0.15) is 0 Å². The van der Waals surface area contributed by atoms with Crippen LogP contribution in [0.15, 0.2) is 36.7 Å². The number of aromatic nitrogens is 2. The summed E-state index contributed by atoms with van der Waals surface area (Å²) < 4.78 is 12.2. The van der Waals surface area contributed by atoms with E-state index in [9.17, 15) is 4.79 Å². The van der Waals surface area contributed by atoms with Gasteiger partial charge in [0.1, 0.15) is 6.10 Å². The Labute approximate surface area is 165 Å². The van der Waals surface area contributed by atoms with Gasteiger partial charge in [-0.3, -0.25) is 4.79 Å². The van der Waals surface area contributed by atoms with Gasteiger partial charge >= 0.3 is 6.01 Å². The summed E-state index contributed by atoms with van der Waals surface area (Å²) in [5.41, 5.74) is 2.80. The number of aryl methyl sites for hydroxylation is 2. The highest BCUT2D eigenvalue weighted by molar-refractivity contribution is 5.95. The van der Waals surface area contributed by atoms with Crippen LogP contribution in [-0.2, 0) is 4.74 Å². The summed E-state index contributed by atoms with van der Waals surface area (Å²) in [6, 6.07) is 8.21. The fraction of sp³-hybridized carbons (Fsp3) is 0.500. The molecule has 2 saturated heterocycles. The van der Waals surface area contributed by atoms with Crippen LogP contribution >= 0.6 is 0 Å². The Bertz CT molecular complexity index is 832. The molecule has 148 valence electrons. The average molecular weight is 381 g/mol. The van der Waals surface area contributed by atoms with Crippen LogP contribution in [0.4, 0.5) is 0 Å². The molecule has 0 bridgehead atoms. The molecule has 0 saturated carbocycles. The first kappa shape index (κ1) is 18.9. The van der Waals surface area contributed by atoms with E-state index >= 15 is 0 Å². The second-order valence-electron chi connectivity index (χ2n) is 7.91. The second-order valence-corrected chi connectivity index (χ2v) is 7.91. The number of carbonyl (C=O) groups is 1. The van der Waals surface area contributed by atoms with E-state index in [1.54, 1.807) is 18.5 Å². The van der Waals surface area contributed by atoms with Gasteiger partial charge in [0.2, 0.25) is 0 Å². The lowest BCUT2D eigenvalue weighted by molar-refractivity contribution is -0.136. The number of likely N-dealkylation sites (tertiary alicyclic amines) is 1. The Hall–Kier alpha value is -2.47. The normalized spacial score (nSPS) is 21.5. The van der Waals surface area contributed by atoms with Gasteiger partial charge in [-0.1, -0.05) is 17.7 Å². The van der Waals surface area contributed by atoms with Crippen LogP contribution < -0.4 is 4.74 Å². The fourth-order valence-electron chi connectivity index (χ4n) is 4.27. The first-order valence-corrected chi connectivity index (χ1v) is 9.99. The number of hydrogen-bond donors (Lipinski definition) is 0. The van der Waals surface area contributed by atoms with Gasteiger partial charge in [-0.15, -0.1) is 0 Å². The summed E-state index contributed by atoms with van der Waals surface area (Å²) in [5, 5.41) is 0. The molecule has 2 aliphatic rings. The van der Waals surface area contributed by atoms with Crippen LogP contribution in [0.3, 0.4) is 0 Å². The highest BCUT2D eigenvalue weighted by Crippen LogP contribution is 2.36. The molecule has 1 unspecified atom stereocenters. The summed E-state index contributed by atoms with van der Waals surface area (Å²) in [6.07, 6.45) is 6.75. The van der Waals surface area contributed by atoms with Crippen molar-refractivity contribution in [1.82, 2.24) is 14.9 Å². The maximum atomic E-state index is 13.0. The van der Waals surface area contributed by atoms with E-state index in [1.807, 2.05) is 30.9 Å². The van der Waals surface area contributed by atoms with E-state index in [0.717, 1.165) is 36.8 Å². The van der Waals surface area contributed by atoms with Gasteiger partial charge in [0.25, 0.3) is 5.91 Å². The summed E-state index contributed by atoms with van der Waals surface area (Å²) >= 11 is 0. The molecule has 1 spiro atoms. The molecule has 3 heterocycles. The van der Waals surface area contributed by atoms with Crippen LogP contribution in [0.2, 0.25) is 0 Å². The Morgan fingerprint density at radius 3 is 2.68 bits per heavy atom. The molecule has 4 rings (SSSR count). The smallest absolute Gasteiger partial charge is 0.316 e. The Balaban J connectivity index is 1.38. The van der Waals surface area contributed by atoms with Crippen LogP contribution in [-0.4, -0.2) is 52.2 Å². The highest BCUT2D eigenvalue weighted by Gasteiger charge is 2.42. The molecule has 0 radical (unpaired) electrons. The maximum Gasteiger partial charge on any atom is 0.316 e. The first-order chi connectivity index (χ1) is 13.5. The first-order valence-electron chi connectivity index (χ1n) is 9.99. The predicted molar refractivity (Wildman–Crippen MR) is 105 cm³/mol.